The smallest absolute Gasteiger partial charge is 0.360 e. The van der Waals surface area contributed by atoms with E-state index >= 15 is 0 Å². The van der Waals surface area contributed by atoms with Crippen LogP contribution in [0.5, 0.6) is 0 Å². The number of carbonyl (C=O) groups is 2. The average Bonchev–Trinajstić information content (AvgIpc) is 2.75. The second-order valence-electron chi connectivity index (χ2n) is 4.12. The zero-order chi connectivity index (χ0) is 14.7. The van der Waals surface area contributed by atoms with Crippen molar-refractivity contribution in [2.75, 3.05) is 12.4 Å². The standard InChI is InChI=1S/C13H14N4O3/c1-8-10(11(13(19)20-3)16-17(8)2)15-12(18)9-5-4-6-14-7-9/h4-7H,1-3H3,(H,15,18). The maximum absolute atomic E-state index is 12.1. The number of methoxy groups -OCH3 is 1. The summed E-state index contributed by atoms with van der Waals surface area (Å²) in [5.74, 6) is -0.963. The van der Waals surface area contributed by atoms with Gasteiger partial charge in [0.1, 0.15) is 0 Å². The Morgan fingerprint density at radius 1 is 1.40 bits per heavy atom. The highest BCUT2D eigenvalue weighted by Crippen LogP contribution is 2.21. The van der Waals surface area contributed by atoms with Gasteiger partial charge in [-0.2, -0.15) is 5.10 Å². The van der Waals surface area contributed by atoms with Crippen LogP contribution < -0.4 is 5.32 Å². The van der Waals surface area contributed by atoms with E-state index in [0.29, 0.717) is 16.9 Å². The van der Waals surface area contributed by atoms with E-state index in [-0.39, 0.29) is 11.6 Å². The van der Waals surface area contributed by atoms with Crippen molar-refractivity contribution in [2.45, 2.75) is 6.92 Å². The van der Waals surface area contributed by atoms with E-state index in [1.165, 1.54) is 18.0 Å². The number of amides is 1. The van der Waals surface area contributed by atoms with Crippen LogP contribution in [-0.4, -0.2) is 33.8 Å². The third kappa shape index (κ3) is 2.51. The van der Waals surface area contributed by atoms with Crippen LogP contribution in [0.1, 0.15) is 26.5 Å². The number of nitrogens with zero attached hydrogens (tertiary/aromatic N) is 3. The van der Waals surface area contributed by atoms with Crippen molar-refractivity contribution < 1.29 is 14.3 Å². The number of nitrogens with one attached hydrogen (secondary N) is 1. The fourth-order valence-electron chi connectivity index (χ4n) is 1.68. The fourth-order valence-corrected chi connectivity index (χ4v) is 1.68. The predicted molar refractivity (Wildman–Crippen MR) is 71.5 cm³/mol. The minimum Gasteiger partial charge on any atom is -0.464 e. The van der Waals surface area contributed by atoms with Crippen LogP contribution in [0.4, 0.5) is 5.69 Å². The van der Waals surface area contributed by atoms with E-state index in [9.17, 15) is 9.59 Å². The molecular formula is C13H14N4O3. The molecule has 104 valence electrons. The Kier molecular flexibility index (Phi) is 3.79. The molecule has 7 heteroatoms. The summed E-state index contributed by atoms with van der Waals surface area (Å²) >= 11 is 0. The number of aryl methyl sites for hydroxylation is 1. The molecule has 0 aliphatic carbocycles. The summed E-state index contributed by atoms with van der Waals surface area (Å²) in [4.78, 5) is 27.6. The number of hydrogen-bond donors (Lipinski definition) is 1. The zero-order valence-corrected chi connectivity index (χ0v) is 11.4. The van der Waals surface area contributed by atoms with Gasteiger partial charge in [0.05, 0.1) is 24.1 Å². The van der Waals surface area contributed by atoms with Crippen LogP contribution in [0.15, 0.2) is 24.5 Å². The topological polar surface area (TPSA) is 86.1 Å². The first-order valence-corrected chi connectivity index (χ1v) is 5.88. The first kappa shape index (κ1) is 13.7. The predicted octanol–water partition coefficient (Wildman–Crippen LogP) is 1.16. The molecule has 2 rings (SSSR count). The second-order valence-corrected chi connectivity index (χ2v) is 4.12. The molecule has 0 unspecified atom stereocenters. The molecule has 0 atom stereocenters. The highest BCUT2D eigenvalue weighted by atomic mass is 16.5. The van der Waals surface area contributed by atoms with E-state index in [2.05, 4.69) is 20.1 Å². The van der Waals surface area contributed by atoms with Gasteiger partial charge in [-0.1, -0.05) is 0 Å². The molecule has 0 fully saturated rings. The van der Waals surface area contributed by atoms with Gasteiger partial charge in [0.2, 0.25) is 0 Å². The number of aromatic nitrogens is 3. The van der Waals surface area contributed by atoms with Gasteiger partial charge in [-0.25, -0.2) is 4.79 Å². The Bertz CT molecular complexity index is 649. The van der Waals surface area contributed by atoms with Gasteiger partial charge in [-0.3, -0.25) is 14.5 Å². The number of hydrogen-bond acceptors (Lipinski definition) is 5. The Labute approximate surface area is 115 Å². The summed E-state index contributed by atoms with van der Waals surface area (Å²) in [5, 5.41) is 6.71. The lowest BCUT2D eigenvalue weighted by atomic mass is 10.2. The zero-order valence-electron chi connectivity index (χ0n) is 11.4. The molecule has 0 saturated heterocycles. The molecular weight excluding hydrogens is 260 g/mol. The molecule has 0 aromatic carbocycles. The van der Waals surface area contributed by atoms with Gasteiger partial charge in [0.25, 0.3) is 5.91 Å². The summed E-state index contributed by atoms with van der Waals surface area (Å²) in [6.07, 6.45) is 3.02. The summed E-state index contributed by atoms with van der Waals surface area (Å²) in [6.45, 7) is 1.75. The van der Waals surface area contributed by atoms with Gasteiger partial charge in [-0.15, -0.1) is 0 Å². The monoisotopic (exact) mass is 274 g/mol. The van der Waals surface area contributed by atoms with Crippen molar-refractivity contribution in [3.8, 4) is 0 Å². The molecule has 20 heavy (non-hydrogen) atoms. The van der Waals surface area contributed by atoms with E-state index in [0.717, 1.165) is 0 Å². The molecule has 2 heterocycles. The molecule has 0 spiro atoms. The summed E-state index contributed by atoms with van der Waals surface area (Å²) in [7, 11) is 2.95. The van der Waals surface area contributed by atoms with Gasteiger partial charge in [-0.05, 0) is 19.1 Å². The van der Waals surface area contributed by atoms with E-state index < -0.39 is 5.97 Å². The SMILES string of the molecule is COC(=O)c1nn(C)c(C)c1NC(=O)c1cccnc1. The molecule has 1 amide bonds. The maximum Gasteiger partial charge on any atom is 0.360 e. The Hall–Kier alpha value is -2.70. The molecule has 1 N–H and O–H groups in total. The van der Waals surface area contributed by atoms with Crippen molar-refractivity contribution in [3.05, 3.63) is 41.5 Å². The largest absolute Gasteiger partial charge is 0.464 e. The summed E-state index contributed by atoms with van der Waals surface area (Å²) in [6, 6.07) is 3.29. The molecule has 0 aliphatic rings. The van der Waals surface area contributed by atoms with Crippen LogP contribution in [0.25, 0.3) is 0 Å². The van der Waals surface area contributed by atoms with Crippen molar-refractivity contribution >= 4 is 17.6 Å². The summed E-state index contributed by atoms with van der Waals surface area (Å²) < 4.78 is 6.16. The van der Waals surface area contributed by atoms with Gasteiger partial charge < -0.3 is 10.1 Å². The molecule has 2 aromatic rings. The second kappa shape index (κ2) is 5.52. The normalized spacial score (nSPS) is 10.2. The first-order valence-electron chi connectivity index (χ1n) is 5.88. The highest BCUT2D eigenvalue weighted by Gasteiger charge is 2.22. The Morgan fingerprint density at radius 3 is 2.75 bits per heavy atom. The molecule has 0 bridgehead atoms. The quantitative estimate of drug-likeness (QED) is 0.849. The number of ether oxygens (including phenoxy) is 1. The number of esters is 1. The Morgan fingerprint density at radius 2 is 2.15 bits per heavy atom. The van der Waals surface area contributed by atoms with Crippen LogP contribution in [0, 0.1) is 6.92 Å². The molecule has 2 aromatic heterocycles. The number of anilines is 1. The average molecular weight is 274 g/mol. The van der Waals surface area contributed by atoms with E-state index in [1.54, 1.807) is 32.3 Å². The van der Waals surface area contributed by atoms with Gasteiger partial charge in [0, 0.05) is 19.4 Å². The van der Waals surface area contributed by atoms with Crippen LogP contribution >= 0.6 is 0 Å². The van der Waals surface area contributed by atoms with E-state index in [1.807, 2.05) is 0 Å². The van der Waals surface area contributed by atoms with Gasteiger partial charge in [0.15, 0.2) is 5.69 Å². The van der Waals surface area contributed by atoms with Crippen molar-refractivity contribution in [1.29, 1.82) is 0 Å². The molecule has 0 saturated carbocycles. The minimum atomic E-state index is -0.602. The van der Waals surface area contributed by atoms with Crippen molar-refractivity contribution in [3.63, 3.8) is 0 Å². The lowest BCUT2D eigenvalue weighted by Crippen LogP contribution is -2.15. The number of carbonyl (C=O) groups excluding carboxylic acids is 2. The Balaban J connectivity index is 2.34. The van der Waals surface area contributed by atoms with E-state index in [4.69, 9.17) is 0 Å². The lowest BCUT2D eigenvalue weighted by Gasteiger charge is -2.05. The number of pyridine rings is 1. The molecule has 0 radical (unpaired) electrons. The molecule has 7 nitrogen and oxygen atoms in total. The molecule has 0 aliphatic heterocycles. The lowest BCUT2D eigenvalue weighted by molar-refractivity contribution is 0.0594. The van der Waals surface area contributed by atoms with Crippen LogP contribution in [0.3, 0.4) is 0 Å². The van der Waals surface area contributed by atoms with Crippen molar-refractivity contribution in [2.24, 2.45) is 7.05 Å². The maximum atomic E-state index is 12.1. The third-order valence-corrected chi connectivity index (χ3v) is 2.88. The van der Waals surface area contributed by atoms with Crippen LogP contribution in [0.2, 0.25) is 0 Å². The number of rotatable bonds is 3. The van der Waals surface area contributed by atoms with Crippen molar-refractivity contribution in [1.82, 2.24) is 14.8 Å². The van der Waals surface area contributed by atoms with Crippen LogP contribution in [-0.2, 0) is 11.8 Å². The minimum absolute atomic E-state index is 0.0738. The summed E-state index contributed by atoms with van der Waals surface area (Å²) in [5.41, 5.74) is 1.46. The first-order chi connectivity index (χ1) is 9.54. The third-order valence-electron chi connectivity index (χ3n) is 2.88. The highest BCUT2D eigenvalue weighted by molar-refractivity contribution is 6.07. The fraction of sp³-hybridized carbons (Fsp3) is 0.231. The van der Waals surface area contributed by atoms with Gasteiger partial charge >= 0.3 is 5.97 Å².